The molecule has 16 heavy (non-hydrogen) atoms. The Kier molecular flexibility index (Phi) is 2.07. The summed E-state index contributed by atoms with van der Waals surface area (Å²) >= 11 is 0. The summed E-state index contributed by atoms with van der Waals surface area (Å²) in [6.45, 7) is 0. The molecule has 0 amide bonds. The van der Waals surface area contributed by atoms with E-state index in [1.165, 1.54) is 21.5 Å². The summed E-state index contributed by atoms with van der Waals surface area (Å²) in [7, 11) is 5.18. The number of hydrogen-bond donors (Lipinski definition) is 0. The smallest absolute Gasteiger partial charge is 0.374 e. The number of fused-ring (bicyclic) bond motifs is 3. The number of hydrogen-bond acceptors (Lipinski definition) is 1. The highest BCUT2D eigenvalue weighted by molar-refractivity contribution is 6.08. The van der Waals surface area contributed by atoms with Gasteiger partial charge in [0.05, 0.1) is 5.75 Å². The molecular weight excluding hydrogens is 195 g/mol. The third-order valence-electron chi connectivity index (χ3n) is 2.85. The van der Waals surface area contributed by atoms with Crippen LogP contribution in [0.4, 0.5) is 0 Å². The zero-order valence-electron chi connectivity index (χ0n) is 8.68. The molecule has 2 heteroatoms. The van der Waals surface area contributed by atoms with Crippen molar-refractivity contribution in [1.29, 1.82) is 0 Å². The molecule has 3 aromatic carbocycles. The van der Waals surface area contributed by atoms with Gasteiger partial charge in [-0.15, -0.1) is 0 Å². The Bertz CT molecular complexity index is 661. The Morgan fingerprint density at radius 1 is 0.750 bits per heavy atom. The molecule has 0 fully saturated rings. The van der Waals surface area contributed by atoms with Crippen molar-refractivity contribution in [3.8, 4) is 5.75 Å². The SMILES string of the molecule is [B]Oc1ccc2ccc3ccccc3c2c1. The van der Waals surface area contributed by atoms with Gasteiger partial charge in [-0.25, -0.2) is 0 Å². The summed E-state index contributed by atoms with van der Waals surface area (Å²) in [5.74, 6) is 0.684. The Morgan fingerprint density at radius 3 is 2.25 bits per heavy atom. The molecule has 0 aliphatic rings. The van der Waals surface area contributed by atoms with E-state index in [0.29, 0.717) is 5.75 Å². The molecule has 0 heterocycles. The fourth-order valence-corrected chi connectivity index (χ4v) is 2.05. The lowest BCUT2D eigenvalue weighted by Gasteiger charge is -2.06. The van der Waals surface area contributed by atoms with Crippen LogP contribution < -0.4 is 4.65 Å². The standard InChI is InChI=1S/C14H9BO/c15-16-12-8-7-11-6-5-10-3-1-2-4-13(10)14(11)9-12/h1-9H. The highest BCUT2D eigenvalue weighted by atomic mass is 16.4. The molecule has 0 spiro atoms. The fraction of sp³-hybridized carbons (Fsp3) is 0. The largest absolute Gasteiger partial charge is 0.568 e. The monoisotopic (exact) mass is 204 g/mol. The lowest BCUT2D eigenvalue weighted by atomic mass is 10.0. The molecule has 1 nitrogen and oxygen atoms in total. The van der Waals surface area contributed by atoms with E-state index in [1.54, 1.807) is 0 Å². The molecular formula is C14H9BO. The fourth-order valence-electron chi connectivity index (χ4n) is 2.05. The van der Waals surface area contributed by atoms with Crippen LogP contribution in [0, 0.1) is 0 Å². The van der Waals surface area contributed by atoms with E-state index in [-0.39, 0.29) is 0 Å². The van der Waals surface area contributed by atoms with Crippen molar-refractivity contribution >= 4 is 29.6 Å². The predicted molar refractivity (Wildman–Crippen MR) is 67.8 cm³/mol. The summed E-state index contributed by atoms with van der Waals surface area (Å²) in [6.07, 6.45) is 0. The van der Waals surface area contributed by atoms with Gasteiger partial charge in [-0.05, 0) is 33.7 Å². The van der Waals surface area contributed by atoms with Crippen molar-refractivity contribution < 1.29 is 4.65 Å². The third kappa shape index (κ3) is 1.35. The molecule has 0 saturated carbocycles. The van der Waals surface area contributed by atoms with E-state index in [9.17, 15) is 0 Å². The van der Waals surface area contributed by atoms with Gasteiger partial charge >= 0.3 is 8.05 Å². The van der Waals surface area contributed by atoms with Gasteiger partial charge in [0.15, 0.2) is 0 Å². The van der Waals surface area contributed by atoms with Gasteiger partial charge in [-0.3, -0.25) is 0 Å². The van der Waals surface area contributed by atoms with Crippen molar-refractivity contribution in [2.45, 2.75) is 0 Å². The molecule has 0 saturated heterocycles. The second kappa shape index (κ2) is 3.56. The van der Waals surface area contributed by atoms with E-state index in [0.717, 1.165) is 0 Å². The van der Waals surface area contributed by atoms with E-state index in [4.69, 9.17) is 12.7 Å². The van der Waals surface area contributed by atoms with Crippen LogP contribution in [0.2, 0.25) is 0 Å². The summed E-state index contributed by atoms with van der Waals surface area (Å²) in [5, 5.41) is 4.81. The topological polar surface area (TPSA) is 9.23 Å². The average molecular weight is 204 g/mol. The van der Waals surface area contributed by atoms with Crippen molar-refractivity contribution in [2.75, 3.05) is 0 Å². The Balaban J connectivity index is 2.47. The first kappa shape index (κ1) is 9.28. The van der Waals surface area contributed by atoms with Gasteiger partial charge in [0, 0.05) is 0 Å². The maximum atomic E-state index is 5.18. The van der Waals surface area contributed by atoms with Crippen molar-refractivity contribution in [2.24, 2.45) is 0 Å². The maximum Gasteiger partial charge on any atom is 0.374 e. The first-order valence-electron chi connectivity index (χ1n) is 5.17. The van der Waals surface area contributed by atoms with Crippen LogP contribution in [0.5, 0.6) is 5.75 Å². The van der Waals surface area contributed by atoms with Gasteiger partial charge in [-0.1, -0.05) is 42.5 Å². The van der Waals surface area contributed by atoms with Gasteiger partial charge < -0.3 is 4.65 Å². The summed E-state index contributed by atoms with van der Waals surface area (Å²) in [4.78, 5) is 0. The Morgan fingerprint density at radius 2 is 1.44 bits per heavy atom. The minimum absolute atomic E-state index is 0.684. The van der Waals surface area contributed by atoms with E-state index in [1.807, 2.05) is 30.3 Å². The number of benzene rings is 3. The summed E-state index contributed by atoms with van der Waals surface area (Å²) in [5.41, 5.74) is 0. The molecule has 0 aliphatic heterocycles. The highest BCUT2D eigenvalue weighted by Crippen LogP contribution is 2.28. The maximum absolute atomic E-state index is 5.18. The van der Waals surface area contributed by atoms with Crippen LogP contribution in [0.25, 0.3) is 21.5 Å². The van der Waals surface area contributed by atoms with Crippen LogP contribution in [-0.4, -0.2) is 8.05 Å². The quantitative estimate of drug-likeness (QED) is 0.435. The van der Waals surface area contributed by atoms with Crippen LogP contribution >= 0.6 is 0 Å². The second-order valence-corrected chi connectivity index (χ2v) is 3.79. The molecule has 74 valence electrons. The molecule has 0 atom stereocenters. The minimum Gasteiger partial charge on any atom is -0.568 e. The molecule has 2 radical (unpaired) electrons. The first-order valence-corrected chi connectivity index (χ1v) is 5.17. The van der Waals surface area contributed by atoms with E-state index >= 15 is 0 Å². The molecule has 3 aromatic rings. The minimum atomic E-state index is 0.684. The predicted octanol–water partition coefficient (Wildman–Crippen LogP) is 3.46. The van der Waals surface area contributed by atoms with Gasteiger partial charge in [0.1, 0.15) is 0 Å². The molecule has 0 N–H and O–H groups in total. The third-order valence-corrected chi connectivity index (χ3v) is 2.85. The highest BCUT2D eigenvalue weighted by Gasteiger charge is 2.00. The van der Waals surface area contributed by atoms with Crippen LogP contribution in [0.15, 0.2) is 54.6 Å². The second-order valence-electron chi connectivity index (χ2n) is 3.79. The van der Waals surface area contributed by atoms with Gasteiger partial charge in [-0.2, -0.15) is 0 Å². The number of rotatable bonds is 1. The Hall–Kier alpha value is -1.96. The van der Waals surface area contributed by atoms with Gasteiger partial charge in [0.25, 0.3) is 0 Å². The zero-order chi connectivity index (χ0) is 11.0. The van der Waals surface area contributed by atoms with Crippen molar-refractivity contribution in [3.05, 3.63) is 54.6 Å². The zero-order valence-corrected chi connectivity index (χ0v) is 8.68. The Labute approximate surface area is 95.1 Å². The molecule has 3 rings (SSSR count). The normalized spacial score (nSPS) is 10.8. The van der Waals surface area contributed by atoms with Crippen molar-refractivity contribution in [3.63, 3.8) is 0 Å². The van der Waals surface area contributed by atoms with E-state index in [2.05, 4.69) is 24.3 Å². The average Bonchev–Trinajstić information content (AvgIpc) is 2.38. The van der Waals surface area contributed by atoms with Crippen molar-refractivity contribution in [1.82, 2.24) is 0 Å². The molecule has 0 bridgehead atoms. The van der Waals surface area contributed by atoms with Crippen LogP contribution in [0.3, 0.4) is 0 Å². The van der Waals surface area contributed by atoms with Gasteiger partial charge in [0.2, 0.25) is 0 Å². The summed E-state index contributed by atoms with van der Waals surface area (Å²) < 4.78 is 4.77. The van der Waals surface area contributed by atoms with E-state index < -0.39 is 0 Å². The lowest BCUT2D eigenvalue weighted by molar-refractivity contribution is 0.617. The molecule has 0 unspecified atom stereocenters. The molecule has 0 aliphatic carbocycles. The van der Waals surface area contributed by atoms with Crippen LogP contribution in [-0.2, 0) is 0 Å². The first-order chi connectivity index (χ1) is 7.88. The van der Waals surface area contributed by atoms with Crippen LogP contribution in [0.1, 0.15) is 0 Å². The lowest BCUT2D eigenvalue weighted by Crippen LogP contribution is -1.85. The molecule has 0 aromatic heterocycles. The summed E-state index contributed by atoms with van der Waals surface area (Å²) in [6, 6.07) is 18.4.